The first-order valence-electron chi connectivity index (χ1n) is 8.60. The monoisotopic (exact) mass is 473 g/mol. The van der Waals surface area contributed by atoms with E-state index in [2.05, 4.69) is 32.3 Å². The van der Waals surface area contributed by atoms with E-state index in [9.17, 15) is 8.42 Å². The van der Waals surface area contributed by atoms with Gasteiger partial charge in [0.05, 0.1) is 12.8 Å². The smallest absolute Gasteiger partial charge is 0.208 e. The molecule has 0 aromatic rings. The normalized spacial score (nSPS) is 28.1. The zero-order valence-electron chi connectivity index (χ0n) is 14.9. The lowest BCUT2D eigenvalue weighted by atomic mass is 9.82. The van der Waals surface area contributed by atoms with Crippen molar-refractivity contribution in [2.45, 2.75) is 57.2 Å². The van der Waals surface area contributed by atoms with Crippen LogP contribution in [0.1, 0.15) is 39.0 Å². The van der Waals surface area contributed by atoms with E-state index in [4.69, 9.17) is 0 Å². The van der Waals surface area contributed by atoms with E-state index in [-0.39, 0.29) is 24.0 Å². The number of hydrogen-bond acceptors (Lipinski definition) is 4. The van der Waals surface area contributed by atoms with Gasteiger partial charge in [0.2, 0.25) is 10.0 Å². The highest BCUT2D eigenvalue weighted by atomic mass is 127. The highest BCUT2D eigenvalue weighted by Crippen LogP contribution is 2.32. The molecule has 0 saturated carbocycles. The van der Waals surface area contributed by atoms with E-state index in [0.717, 1.165) is 31.6 Å². The van der Waals surface area contributed by atoms with Crippen molar-refractivity contribution < 1.29 is 8.42 Å². The van der Waals surface area contributed by atoms with Crippen molar-refractivity contribution in [3.63, 3.8) is 0 Å². The predicted molar refractivity (Wildman–Crippen MR) is 110 cm³/mol. The summed E-state index contributed by atoms with van der Waals surface area (Å²) in [7, 11) is -0.893. The average Bonchev–Trinajstić information content (AvgIpc) is 2.44. The summed E-state index contributed by atoms with van der Waals surface area (Å²) >= 11 is 0. The molecule has 0 amide bonds. The Kier molecular flexibility index (Phi) is 9.24. The third-order valence-electron chi connectivity index (χ3n) is 4.77. The van der Waals surface area contributed by atoms with Crippen LogP contribution in [0.15, 0.2) is 4.99 Å². The Hall–Kier alpha value is -0.130. The molecule has 2 aliphatic rings. The number of fused-ring (bicyclic) bond motifs is 2. The van der Waals surface area contributed by atoms with E-state index in [1.807, 2.05) is 6.92 Å². The highest BCUT2D eigenvalue weighted by molar-refractivity contribution is 14.0. The summed E-state index contributed by atoms with van der Waals surface area (Å²) in [6.45, 7) is 3.59. The summed E-state index contributed by atoms with van der Waals surface area (Å²) in [4.78, 5) is 7.02. The first kappa shape index (κ1) is 21.9. The molecule has 2 unspecified atom stereocenters. The molecule has 3 N–H and O–H groups in total. The van der Waals surface area contributed by atoms with Crippen molar-refractivity contribution >= 4 is 40.0 Å². The fourth-order valence-corrected chi connectivity index (χ4v) is 4.11. The molecule has 7 nitrogen and oxygen atoms in total. The van der Waals surface area contributed by atoms with Gasteiger partial charge in [0, 0.05) is 31.2 Å². The molecule has 0 aliphatic carbocycles. The molecule has 2 fully saturated rings. The molecule has 142 valence electrons. The molecule has 0 aromatic carbocycles. The van der Waals surface area contributed by atoms with E-state index >= 15 is 0 Å². The summed E-state index contributed by atoms with van der Waals surface area (Å²) in [5.41, 5.74) is 0. The second-order valence-electron chi connectivity index (χ2n) is 6.64. The molecule has 2 atom stereocenters. The first-order valence-corrected chi connectivity index (χ1v) is 10.5. The van der Waals surface area contributed by atoms with Gasteiger partial charge in [-0.05, 0) is 39.7 Å². The number of nitrogens with one attached hydrogen (secondary N) is 3. The van der Waals surface area contributed by atoms with E-state index < -0.39 is 10.0 Å². The van der Waals surface area contributed by atoms with Crippen molar-refractivity contribution in [3.8, 4) is 0 Å². The Bertz CT molecular complexity index is 500. The van der Waals surface area contributed by atoms with Gasteiger partial charge in [-0.2, -0.15) is 0 Å². The summed E-state index contributed by atoms with van der Waals surface area (Å²) in [5, 5.41) is 6.79. The summed E-state index contributed by atoms with van der Waals surface area (Å²) in [6.07, 6.45) is 7.39. The Morgan fingerprint density at radius 2 is 1.88 bits per heavy atom. The fourth-order valence-electron chi connectivity index (χ4n) is 3.65. The average molecular weight is 473 g/mol. The summed E-state index contributed by atoms with van der Waals surface area (Å²) in [5.74, 6) is 0.787. The maximum absolute atomic E-state index is 11.1. The number of nitrogens with zero attached hydrogens (tertiary/aromatic N) is 2. The van der Waals surface area contributed by atoms with Crippen LogP contribution in [0, 0.1) is 0 Å². The second kappa shape index (κ2) is 10.1. The lowest BCUT2D eigenvalue weighted by Gasteiger charge is -2.47. The van der Waals surface area contributed by atoms with Crippen molar-refractivity contribution in [1.82, 2.24) is 20.3 Å². The number of guanidine groups is 1. The quantitative estimate of drug-likeness (QED) is 0.229. The summed E-state index contributed by atoms with van der Waals surface area (Å²) in [6, 6.07) is 1.80. The van der Waals surface area contributed by atoms with E-state index in [0.29, 0.717) is 31.2 Å². The molecule has 24 heavy (non-hydrogen) atoms. The molecule has 2 rings (SSSR count). The SMILES string of the molecule is CCNC(=NCCNS(C)(=O)=O)NC1CC2CCCC(C1)N2C.I. The van der Waals surface area contributed by atoms with Gasteiger partial charge in [-0.3, -0.25) is 4.99 Å². The zero-order chi connectivity index (χ0) is 16.9. The van der Waals surface area contributed by atoms with Crippen molar-refractivity contribution in [2.24, 2.45) is 4.99 Å². The number of halogens is 1. The van der Waals surface area contributed by atoms with Crippen LogP contribution in [0.3, 0.4) is 0 Å². The van der Waals surface area contributed by atoms with Gasteiger partial charge in [-0.1, -0.05) is 6.42 Å². The minimum atomic E-state index is -3.14. The van der Waals surface area contributed by atoms with Crippen LogP contribution in [-0.2, 0) is 10.0 Å². The molecular weight excluding hydrogens is 441 g/mol. The molecule has 9 heteroatoms. The molecule has 2 heterocycles. The second-order valence-corrected chi connectivity index (χ2v) is 8.48. The predicted octanol–water partition coefficient (Wildman–Crippen LogP) is 0.724. The number of aliphatic imine (C=N–C) groups is 1. The minimum absolute atomic E-state index is 0. The zero-order valence-corrected chi connectivity index (χ0v) is 18.1. The largest absolute Gasteiger partial charge is 0.357 e. The van der Waals surface area contributed by atoms with Gasteiger partial charge in [-0.15, -0.1) is 24.0 Å². The van der Waals surface area contributed by atoms with Crippen molar-refractivity contribution in [3.05, 3.63) is 0 Å². The Balaban J connectivity index is 0.00000288. The van der Waals surface area contributed by atoms with Crippen LogP contribution in [0.2, 0.25) is 0 Å². The maximum Gasteiger partial charge on any atom is 0.208 e. The van der Waals surface area contributed by atoms with Crippen LogP contribution in [-0.4, -0.2) is 70.3 Å². The van der Waals surface area contributed by atoms with Gasteiger partial charge >= 0.3 is 0 Å². The van der Waals surface area contributed by atoms with Crippen molar-refractivity contribution in [1.29, 1.82) is 0 Å². The van der Waals surface area contributed by atoms with Gasteiger partial charge < -0.3 is 15.5 Å². The van der Waals surface area contributed by atoms with Crippen LogP contribution in [0.25, 0.3) is 0 Å². The fraction of sp³-hybridized carbons (Fsp3) is 0.933. The molecule has 2 saturated heterocycles. The minimum Gasteiger partial charge on any atom is -0.357 e. The van der Waals surface area contributed by atoms with E-state index in [1.165, 1.54) is 19.3 Å². The molecule has 0 radical (unpaired) electrons. The maximum atomic E-state index is 11.1. The molecule has 0 spiro atoms. The number of rotatable bonds is 6. The Morgan fingerprint density at radius 3 is 2.42 bits per heavy atom. The lowest BCUT2D eigenvalue weighted by Crippen LogP contribution is -2.56. The number of sulfonamides is 1. The molecule has 2 aliphatic heterocycles. The van der Waals surface area contributed by atoms with Gasteiger partial charge in [0.15, 0.2) is 5.96 Å². The van der Waals surface area contributed by atoms with Crippen LogP contribution in [0.4, 0.5) is 0 Å². The Morgan fingerprint density at radius 1 is 1.25 bits per heavy atom. The molecular formula is C15H32IN5O2S. The molecule has 2 bridgehead atoms. The lowest BCUT2D eigenvalue weighted by molar-refractivity contribution is 0.0526. The van der Waals surface area contributed by atoms with Gasteiger partial charge in [-0.25, -0.2) is 13.1 Å². The third-order valence-corrected chi connectivity index (χ3v) is 5.50. The number of hydrogen-bond donors (Lipinski definition) is 3. The topological polar surface area (TPSA) is 85.8 Å². The van der Waals surface area contributed by atoms with Gasteiger partial charge in [0.1, 0.15) is 0 Å². The molecule has 0 aromatic heterocycles. The van der Waals surface area contributed by atoms with Crippen LogP contribution >= 0.6 is 24.0 Å². The standard InChI is InChI=1S/C15H31N5O2S.HI/c1-4-16-15(17-8-9-18-23(3,21)22)19-12-10-13-6-5-7-14(11-12)20(13)2;/h12-14,18H,4-11H2,1-3H3,(H2,16,17,19);1H. The van der Waals surface area contributed by atoms with Gasteiger partial charge in [0.25, 0.3) is 0 Å². The first-order chi connectivity index (χ1) is 10.9. The Labute approximate surface area is 163 Å². The van der Waals surface area contributed by atoms with E-state index in [1.54, 1.807) is 0 Å². The third kappa shape index (κ3) is 7.01. The summed E-state index contributed by atoms with van der Waals surface area (Å²) < 4.78 is 24.6. The van der Waals surface area contributed by atoms with Crippen LogP contribution < -0.4 is 15.4 Å². The highest BCUT2D eigenvalue weighted by Gasteiger charge is 2.36. The van der Waals surface area contributed by atoms with Crippen LogP contribution in [0.5, 0.6) is 0 Å². The van der Waals surface area contributed by atoms with Crippen molar-refractivity contribution in [2.75, 3.05) is 32.9 Å². The number of piperidine rings is 2.